The van der Waals surface area contributed by atoms with Crippen molar-refractivity contribution in [3.05, 3.63) is 24.3 Å². The second-order valence-corrected chi connectivity index (χ2v) is 9.36. The number of unbranched alkanes of at least 4 members (excludes halogenated alkanes) is 9. The van der Waals surface area contributed by atoms with Crippen LogP contribution in [0.15, 0.2) is 24.3 Å². The normalized spacial score (nSPS) is 14.7. The molecule has 0 aromatic carbocycles. The highest BCUT2D eigenvalue weighted by atomic mass is 16.4. The van der Waals surface area contributed by atoms with Crippen molar-refractivity contribution in [2.45, 2.75) is 96.5 Å². The average Bonchev–Trinajstić information content (AvgIpc) is 2.62. The van der Waals surface area contributed by atoms with Crippen LogP contribution in [-0.4, -0.2) is 54.5 Å². The fourth-order valence-corrected chi connectivity index (χ4v) is 3.52. The van der Waals surface area contributed by atoms with Crippen LogP contribution >= 0.6 is 0 Å². The van der Waals surface area contributed by atoms with Gasteiger partial charge in [0, 0.05) is 0 Å². The van der Waals surface area contributed by atoms with E-state index in [1.54, 1.807) is 0 Å². The zero-order chi connectivity index (χ0) is 22.0. The predicted octanol–water partition coefficient (Wildman–Crippen LogP) is 5.96. The van der Waals surface area contributed by atoms with E-state index < -0.39 is 18.0 Å². The molecule has 0 rings (SSSR count). The SMILES string of the molecule is CCCCC/C=C\C/C=C\CCCCCCCCC(C(=O)O)C(O)C[N+](C)(C)C. The number of aliphatic hydroxyl groups is 1. The quantitative estimate of drug-likeness (QED) is 0.157. The summed E-state index contributed by atoms with van der Waals surface area (Å²) in [6.07, 6.45) is 23.1. The van der Waals surface area contributed by atoms with E-state index in [-0.39, 0.29) is 0 Å². The summed E-state index contributed by atoms with van der Waals surface area (Å²) in [5.41, 5.74) is 0. The number of carboxylic acid groups (broad SMARTS) is 1. The van der Waals surface area contributed by atoms with E-state index in [4.69, 9.17) is 0 Å². The van der Waals surface area contributed by atoms with Crippen molar-refractivity contribution >= 4 is 5.97 Å². The highest BCUT2D eigenvalue weighted by molar-refractivity contribution is 5.70. The Morgan fingerprint density at radius 3 is 1.86 bits per heavy atom. The number of hydrogen-bond acceptors (Lipinski definition) is 2. The van der Waals surface area contributed by atoms with Crippen LogP contribution in [0.4, 0.5) is 0 Å². The summed E-state index contributed by atoms with van der Waals surface area (Å²) in [5.74, 6) is -1.51. The number of likely N-dealkylation sites (N-methyl/N-ethyl adjacent to an activating group) is 1. The van der Waals surface area contributed by atoms with Crippen LogP contribution in [0.3, 0.4) is 0 Å². The Hall–Kier alpha value is -1.13. The van der Waals surface area contributed by atoms with Crippen molar-refractivity contribution in [2.24, 2.45) is 5.92 Å². The van der Waals surface area contributed by atoms with E-state index in [1.165, 1.54) is 44.9 Å². The summed E-state index contributed by atoms with van der Waals surface area (Å²) in [6, 6.07) is 0. The third-order valence-electron chi connectivity index (χ3n) is 5.23. The highest BCUT2D eigenvalue weighted by Crippen LogP contribution is 2.18. The maximum atomic E-state index is 11.4. The summed E-state index contributed by atoms with van der Waals surface area (Å²) in [4.78, 5) is 11.4. The van der Waals surface area contributed by atoms with E-state index in [1.807, 2.05) is 21.1 Å². The zero-order valence-electron chi connectivity index (χ0n) is 19.6. The first kappa shape index (κ1) is 27.9. The molecule has 0 aliphatic heterocycles. The summed E-state index contributed by atoms with van der Waals surface area (Å²) in [5, 5.41) is 19.6. The molecule has 170 valence electrons. The van der Waals surface area contributed by atoms with Gasteiger partial charge in [0.2, 0.25) is 0 Å². The number of nitrogens with zero attached hydrogens (tertiary/aromatic N) is 1. The molecule has 0 aliphatic rings. The number of carbonyl (C=O) groups is 1. The van der Waals surface area contributed by atoms with Gasteiger partial charge in [0.25, 0.3) is 0 Å². The Morgan fingerprint density at radius 2 is 1.34 bits per heavy atom. The molecule has 0 fully saturated rings. The molecule has 4 heteroatoms. The molecule has 0 spiro atoms. The maximum Gasteiger partial charge on any atom is 0.309 e. The van der Waals surface area contributed by atoms with Gasteiger partial charge in [0.15, 0.2) is 0 Å². The molecule has 2 unspecified atom stereocenters. The molecule has 2 atom stereocenters. The second kappa shape index (κ2) is 17.7. The van der Waals surface area contributed by atoms with Gasteiger partial charge in [0.05, 0.1) is 27.1 Å². The molecule has 0 heterocycles. The molecule has 4 nitrogen and oxygen atoms in total. The lowest BCUT2D eigenvalue weighted by Crippen LogP contribution is -2.45. The van der Waals surface area contributed by atoms with Gasteiger partial charge in [-0.2, -0.15) is 0 Å². The number of carboxylic acids is 1. The average molecular weight is 411 g/mol. The van der Waals surface area contributed by atoms with Crippen molar-refractivity contribution in [1.29, 1.82) is 0 Å². The third-order valence-corrected chi connectivity index (χ3v) is 5.23. The zero-order valence-corrected chi connectivity index (χ0v) is 19.6. The number of quaternary nitrogens is 1. The van der Waals surface area contributed by atoms with Gasteiger partial charge < -0.3 is 14.7 Å². The molecule has 0 aromatic rings. The number of aliphatic hydroxyl groups excluding tert-OH is 1. The molecule has 29 heavy (non-hydrogen) atoms. The standard InChI is InChI=1S/C25H47NO3/c1-5-6-7-8-9-10-11-12-13-14-15-16-17-18-19-20-21-23(25(28)29)24(27)22-26(2,3)4/h9-10,12-13,23-24,27H,5-8,11,14-22H2,1-4H3/p+1/b10-9-,13-12-. The minimum Gasteiger partial charge on any atom is -0.481 e. The highest BCUT2D eigenvalue weighted by Gasteiger charge is 2.30. The number of hydrogen-bond donors (Lipinski definition) is 2. The minimum atomic E-state index is -0.867. The maximum absolute atomic E-state index is 11.4. The van der Waals surface area contributed by atoms with E-state index in [0.717, 1.165) is 32.1 Å². The van der Waals surface area contributed by atoms with Gasteiger partial charge in [-0.3, -0.25) is 4.79 Å². The van der Waals surface area contributed by atoms with Gasteiger partial charge in [-0.25, -0.2) is 0 Å². The van der Waals surface area contributed by atoms with E-state index >= 15 is 0 Å². The molecule has 0 saturated heterocycles. The third kappa shape index (κ3) is 18.6. The molecule has 0 aliphatic carbocycles. The van der Waals surface area contributed by atoms with Crippen molar-refractivity contribution in [3.8, 4) is 0 Å². The molecule has 0 saturated carbocycles. The van der Waals surface area contributed by atoms with Crippen molar-refractivity contribution < 1.29 is 19.5 Å². The lowest BCUT2D eigenvalue weighted by Gasteiger charge is -2.29. The van der Waals surface area contributed by atoms with Gasteiger partial charge in [-0.05, 0) is 38.5 Å². The van der Waals surface area contributed by atoms with E-state index in [0.29, 0.717) is 17.4 Å². The molecule has 0 aromatic heterocycles. The van der Waals surface area contributed by atoms with Crippen molar-refractivity contribution in [2.75, 3.05) is 27.7 Å². The number of aliphatic carboxylic acids is 1. The first-order valence-corrected chi connectivity index (χ1v) is 11.8. The Balaban J connectivity index is 3.66. The first-order chi connectivity index (χ1) is 13.8. The van der Waals surface area contributed by atoms with Gasteiger partial charge in [-0.15, -0.1) is 0 Å². The minimum absolute atomic E-state index is 0.471. The van der Waals surface area contributed by atoms with Gasteiger partial charge >= 0.3 is 5.97 Å². The number of allylic oxidation sites excluding steroid dienone is 4. The summed E-state index contributed by atoms with van der Waals surface area (Å²) in [7, 11) is 5.92. The molecule has 0 bridgehead atoms. The van der Waals surface area contributed by atoms with Gasteiger partial charge in [0.1, 0.15) is 12.6 Å². The Kier molecular flexibility index (Phi) is 17.0. The van der Waals surface area contributed by atoms with Gasteiger partial charge in [-0.1, -0.05) is 76.2 Å². The Labute approximate surface area is 180 Å². The van der Waals surface area contributed by atoms with Crippen LogP contribution in [-0.2, 0) is 4.79 Å². The Bertz CT molecular complexity index is 451. The summed E-state index contributed by atoms with van der Waals surface area (Å²) < 4.78 is 0.578. The van der Waals surface area contributed by atoms with E-state index in [2.05, 4.69) is 31.2 Å². The first-order valence-electron chi connectivity index (χ1n) is 11.8. The van der Waals surface area contributed by atoms with Crippen LogP contribution in [0.5, 0.6) is 0 Å². The smallest absolute Gasteiger partial charge is 0.309 e. The summed E-state index contributed by atoms with van der Waals surface area (Å²) in [6.45, 7) is 2.71. The van der Waals surface area contributed by atoms with Crippen LogP contribution in [0, 0.1) is 5.92 Å². The predicted molar refractivity (Wildman–Crippen MR) is 124 cm³/mol. The largest absolute Gasteiger partial charge is 0.481 e. The molecular formula is C25H48NO3+. The van der Waals surface area contributed by atoms with Crippen molar-refractivity contribution in [1.82, 2.24) is 0 Å². The van der Waals surface area contributed by atoms with Crippen LogP contribution < -0.4 is 0 Å². The molecule has 0 amide bonds. The lowest BCUT2D eigenvalue weighted by atomic mass is 9.94. The topological polar surface area (TPSA) is 57.5 Å². The van der Waals surface area contributed by atoms with Crippen molar-refractivity contribution in [3.63, 3.8) is 0 Å². The Morgan fingerprint density at radius 1 is 0.828 bits per heavy atom. The van der Waals surface area contributed by atoms with Crippen LogP contribution in [0.2, 0.25) is 0 Å². The molecular weight excluding hydrogens is 362 g/mol. The van der Waals surface area contributed by atoms with Crippen LogP contribution in [0.25, 0.3) is 0 Å². The fourth-order valence-electron chi connectivity index (χ4n) is 3.52. The molecule has 0 radical (unpaired) electrons. The molecule has 2 N–H and O–H groups in total. The fraction of sp³-hybridized carbons (Fsp3) is 0.800. The van der Waals surface area contributed by atoms with Crippen LogP contribution in [0.1, 0.15) is 90.4 Å². The lowest BCUT2D eigenvalue weighted by molar-refractivity contribution is -0.874. The van der Waals surface area contributed by atoms with E-state index in [9.17, 15) is 15.0 Å². The monoisotopic (exact) mass is 410 g/mol. The summed E-state index contributed by atoms with van der Waals surface area (Å²) >= 11 is 0. The second-order valence-electron chi connectivity index (χ2n) is 9.36. The number of rotatable bonds is 19.